The maximum absolute atomic E-state index is 14.0. The molecule has 1 amide bonds. The van der Waals surface area contributed by atoms with Crippen molar-refractivity contribution in [1.82, 2.24) is 29.2 Å². The summed E-state index contributed by atoms with van der Waals surface area (Å²) in [6.45, 7) is 6.19. The van der Waals surface area contributed by atoms with Crippen LogP contribution < -0.4 is 10.1 Å². The zero-order valence-corrected chi connectivity index (χ0v) is 22.6. The molecular weight excluding hydrogens is 535 g/mol. The first kappa shape index (κ1) is 28.1. The third-order valence-electron chi connectivity index (χ3n) is 6.90. The second kappa shape index (κ2) is 12.0. The summed E-state index contributed by atoms with van der Waals surface area (Å²) in [6, 6.07) is 6.92. The minimum atomic E-state index is -4.59. The number of rotatable bonds is 6. The molecule has 0 atom stereocenters. The standard InChI is InChI=1S/C29H28F3N7O2/c1-3-37-10-12-38(13-11-37)18-22-6-5-21(15-24(22)29(30,31)32)28(40)36-25-14-20(8-9-33-25)4-7-23-16-34-26-17-35-27(41-2)19-39(23)26/h5-6,8-9,14-17,19H,3,10-13,18H2,1-2H3,(H,33,36,40). The van der Waals surface area contributed by atoms with Crippen molar-refractivity contribution in [3.05, 3.63) is 83.1 Å². The molecule has 1 aliphatic heterocycles. The molecular formula is C29H28F3N7O2. The molecule has 4 heterocycles. The number of halogens is 3. The summed E-state index contributed by atoms with van der Waals surface area (Å²) in [5.41, 5.74) is 0.964. The Balaban J connectivity index is 1.31. The molecule has 1 fully saturated rings. The summed E-state index contributed by atoms with van der Waals surface area (Å²) < 4.78 is 48.8. The first-order chi connectivity index (χ1) is 19.7. The summed E-state index contributed by atoms with van der Waals surface area (Å²) >= 11 is 0. The van der Waals surface area contributed by atoms with Crippen molar-refractivity contribution in [2.45, 2.75) is 19.6 Å². The first-order valence-electron chi connectivity index (χ1n) is 13.0. The Hall–Kier alpha value is -4.47. The molecule has 1 N–H and O–H groups in total. The number of nitrogens with zero attached hydrogens (tertiary/aromatic N) is 6. The van der Waals surface area contributed by atoms with E-state index in [-0.39, 0.29) is 23.5 Å². The highest BCUT2D eigenvalue weighted by Crippen LogP contribution is 2.33. The Labute approximate surface area is 235 Å². The van der Waals surface area contributed by atoms with Crippen LogP contribution in [0.5, 0.6) is 5.88 Å². The van der Waals surface area contributed by atoms with Crippen LogP contribution in [-0.4, -0.2) is 74.9 Å². The average molecular weight is 564 g/mol. The van der Waals surface area contributed by atoms with Gasteiger partial charge in [0.1, 0.15) is 11.5 Å². The van der Waals surface area contributed by atoms with E-state index >= 15 is 0 Å². The molecule has 9 nitrogen and oxygen atoms in total. The van der Waals surface area contributed by atoms with Gasteiger partial charge >= 0.3 is 6.18 Å². The van der Waals surface area contributed by atoms with Crippen LogP contribution in [0.1, 0.15) is 39.7 Å². The number of anilines is 1. The predicted octanol–water partition coefficient (Wildman–Crippen LogP) is 3.94. The lowest BCUT2D eigenvalue weighted by atomic mass is 10.0. The molecule has 0 aliphatic carbocycles. The van der Waals surface area contributed by atoms with E-state index in [1.165, 1.54) is 25.4 Å². The Morgan fingerprint density at radius 1 is 1.02 bits per heavy atom. The molecule has 5 rings (SSSR count). The molecule has 212 valence electrons. The van der Waals surface area contributed by atoms with E-state index < -0.39 is 17.6 Å². The number of benzene rings is 1. The Kier molecular flexibility index (Phi) is 8.19. The van der Waals surface area contributed by atoms with Crippen molar-refractivity contribution >= 4 is 17.4 Å². The summed E-state index contributed by atoms with van der Waals surface area (Å²) in [6.07, 6.45) is 1.69. The SMILES string of the molecule is CCN1CCN(Cc2ccc(C(=O)Nc3cc(C#Cc4cnc5cnc(OC)cn45)ccn3)cc2C(F)(F)F)CC1. The molecule has 12 heteroatoms. The first-order valence-corrected chi connectivity index (χ1v) is 13.0. The van der Waals surface area contributed by atoms with E-state index in [4.69, 9.17) is 4.74 Å². The largest absolute Gasteiger partial charge is 0.480 e. The minimum absolute atomic E-state index is 0.108. The number of ether oxygens (including phenoxy) is 1. The number of methoxy groups -OCH3 is 1. The number of hydrogen-bond donors (Lipinski definition) is 1. The molecule has 0 saturated carbocycles. The number of nitrogens with one attached hydrogen (secondary N) is 1. The van der Waals surface area contributed by atoms with E-state index in [0.29, 0.717) is 35.9 Å². The predicted molar refractivity (Wildman–Crippen MR) is 147 cm³/mol. The Morgan fingerprint density at radius 2 is 1.80 bits per heavy atom. The van der Waals surface area contributed by atoms with Crippen LogP contribution in [0, 0.1) is 11.8 Å². The number of likely N-dealkylation sites (N-methyl/N-ethyl adjacent to an activating group) is 1. The van der Waals surface area contributed by atoms with Gasteiger partial charge in [0, 0.05) is 50.0 Å². The van der Waals surface area contributed by atoms with Crippen molar-refractivity contribution < 1.29 is 22.7 Å². The van der Waals surface area contributed by atoms with E-state index in [1.807, 2.05) is 4.90 Å². The van der Waals surface area contributed by atoms with Gasteiger partial charge in [0.15, 0.2) is 5.65 Å². The zero-order chi connectivity index (χ0) is 29.0. The van der Waals surface area contributed by atoms with Crippen molar-refractivity contribution in [2.24, 2.45) is 0 Å². The molecule has 4 aromatic rings. The smallest absolute Gasteiger partial charge is 0.416 e. The second-order valence-electron chi connectivity index (χ2n) is 9.52. The molecule has 0 unspecified atom stereocenters. The number of fused-ring (bicyclic) bond motifs is 1. The van der Waals surface area contributed by atoms with Gasteiger partial charge in [0.2, 0.25) is 5.88 Å². The minimum Gasteiger partial charge on any atom is -0.480 e. The van der Waals surface area contributed by atoms with Crippen molar-refractivity contribution in [3.63, 3.8) is 0 Å². The molecule has 0 spiro atoms. The number of piperazine rings is 1. The molecule has 1 aliphatic rings. The van der Waals surface area contributed by atoms with E-state index in [0.717, 1.165) is 25.7 Å². The highest BCUT2D eigenvalue weighted by Gasteiger charge is 2.34. The van der Waals surface area contributed by atoms with E-state index in [1.54, 1.807) is 35.1 Å². The van der Waals surface area contributed by atoms with Crippen LogP contribution in [0.4, 0.5) is 19.0 Å². The summed E-state index contributed by atoms with van der Waals surface area (Å²) in [5, 5.41) is 2.58. The van der Waals surface area contributed by atoms with E-state index in [2.05, 4.69) is 43.9 Å². The van der Waals surface area contributed by atoms with Gasteiger partial charge in [-0.15, -0.1) is 0 Å². The Morgan fingerprint density at radius 3 is 2.54 bits per heavy atom. The zero-order valence-electron chi connectivity index (χ0n) is 22.6. The van der Waals surface area contributed by atoms with Gasteiger partial charge in [-0.2, -0.15) is 13.2 Å². The van der Waals surface area contributed by atoms with Crippen LogP contribution in [0.25, 0.3) is 5.65 Å². The molecule has 0 radical (unpaired) electrons. The summed E-state index contributed by atoms with van der Waals surface area (Å²) in [4.78, 5) is 29.7. The molecule has 1 saturated heterocycles. The fourth-order valence-electron chi connectivity index (χ4n) is 4.59. The van der Waals surface area contributed by atoms with Gasteiger partial charge in [-0.05, 0) is 42.3 Å². The Bertz CT molecular complexity index is 1620. The lowest BCUT2D eigenvalue weighted by molar-refractivity contribution is -0.138. The third kappa shape index (κ3) is 6.65. The molecule has 1 aromatic carbocycles. The van der Waals surface area contributed by atoms with Crippen molar-refractivity contribution in [3.8, 4) is 17.7 Å². The monoisotopic (exact) mass is 563 g/mol. The number of imidazole rings is 1. The molecule has 3 aromatic heterocycles. The lowest BCUT2D eigenvalue weighted by Gasteiger charge is -2.34. The van der Waals surface area contributed by atoms with Gasteiger partial charge in [-0.25, -0.2) is 15.0 Å². The topological polar surface area (TPSA) is 87.9 Å². The summed E-state index contributed by atoms with van der Waals surface area (Å²) in [7, 11) is 1.51. The number of aromatic nitrogens is 4. The maximum Gasteiger partial charge on any atom is 0.416 e. The van der Waals surface area contributed by atoms with Gasteiger partial charge in [-0.3, -0.25) is 14.1 Å². The van der Waals surface area contributed by atoms with Crippen LogP contribution in [0.15, 0.2) is 55.1 Å². The third-order valence-corrected chi connectivity index (χ3v) is 6.90. The van der Waals surface area contributed by atoms with E-state index in [9.17, 15) is 18.0 Å². The fourth-order valence-corrected chi connectivity index (χ4v) is 4.59. The second-order valence-corrected chi connectivity index (χ2v) is 9.52. The highest BCUT2D eigenvalue weighted by molar-refractivity contribution is 6.04. The number of alkyl halides is 3. The van der Waals surface area contributed by atoms with Crippen LogP contribution in [0.2, 0.25) is 0 Å². The molecule has 41 heavy (non-hydrogen) atoms. The number of carbonyl (C=O) groups excluding carboxylic acids is 1. The highest BCUT2D eigenvalue weighted by atomic mass is 19.4. The summed E-state index contributed by atoms with van der Waals surface area (Å²) in [5.74, 6) is 5.88. The van der Waals surface area contributed by atoms with Gasteiger partial charge in [0.05, 0.1) is 31.3 Å². The van der Waals surface area contributed by atoms with Crippen LogP contribution in [-0.2, 0) is 12.7 Å². The normalized spacial score (nSPS) is 14.5. The molecule has 0 bridgehead atoms. The van der Waals surface area contributed by atoms with Gasteiger partial charge in [-0.1, -0.05) is 18.9 Å². The van der Waals surface area contributed by atoms with Gasteiger partial charge in [0.25, 0.3) is 5.91 Å². The van der Waals surface area contributed by atoms with Crippen LogP contribution in [0.3, 0.4) is 0 Å². The number of carbonyl (C=O) groups is 1. The number of pyridine rings is 1. The maximum atomic E-state index is 14.0. The number of hydrogen-bond acceptors (Lipinski definition) is 7. The van der Waals surface area contributed by atoms with Crippen molar-refractivity contribution in [1.29, 1.82) is 0 Å². The lowest BCUT2D eigenvalue weighted by Crippen LogP contribution is -2.45. The quantitative estimate of drug-likeness (QED) is 0.356. The van der Waals surface area contributed by atoms with Gasteiger partial charge < -0.3 is 15.0 Å². The van der Waals surface area contributed by atoms with Crippen molar-refractivity contribution in [2.75, 3.05) is 45.2 Å². The van der Waals surface area contributed by atoms with Crippen LogP contribution >= 0.6 is 0 Å². The number of amides is 1. The average Bonchev–Trinajstić information content (AvgIpc) is 3.38. The fraction of sp³-hybridized carbons (Fsp3) is 0.310.